The van der Waals surface area contributed by atoms with Gasteiger partial charge < -0.3 is 9.32 Å². The zero-order valence-corrected chi connectivity index (χ0v) is 12.1. The minimum absolute atomic E-state index is 0.0928. The SMILES string of the molecule is O=C(CCn1ncn2c(cc3occc32)c1=O)N1CCCC1. The van der Waals surface area contributed by atoms with Crippen LogP contribution >= 0.6 is 0 Å². The summed E-state index contributed by atoms with van der Waals surface area (Å²) in [4.78, 5) is 26.4. The van der Waals surface area contributed by atoms with Crippen molar-refractivity contribution < 1.29 is 9.21 Å². The number of carbonyl (C=O) groups excluding carboxylic acids is 1. The highest BCUT2D eigenvalue weighted by atomic mass is 16.3. The second-order valence-corrected chi connectivity index (χ2v) is 5.57. The van der Waals surface area contributed by atoms with E-state index >= 15 is 0 Å². The molecule has 4 heterocycles. The monoisotopic (exact) mass is 300 g/mol. The molecule has 0 N–H and O–H groups in total. The average molecular weight is 300 g/mol. The lowest BCUT2D eigenvalue weighted by Gasteiger charge is -2.15. The Labute approximate surface area is 125 Å². The van der Waals surface area contributed by atoms with Gasteiger partial charge in [-0.3, -0.25) is 14.0 Å². The lowest BCUT2D eigenvalue weighted by Crippen LogP contribution is -2.31. The van der Waals surface area contributed by atoms with Crippen LogP contribution < -0.4 is 5.56 Å². The summed E-state index contributed by atoms with van der Waals surface area (Å²) in [5, 5.41) is 4.16. The van der Waals surface area contributed by atoms with Crippen LogP contribution in [-0.2, 0) is 11.3 Å². The molecule has 0 radical (unpaired) electrons. The van der Waals surface area contributed by atoms with Crippen molar-refractivity contribution in [2.24, 2.45) is 0 Å². The van der Waals surface area contributed by atoms with Gasteiger partial charge in [0, 0.05) is 31.6 Å². The van der Waals surface area contributed by atoms with E-state index in [0.717, 1.165) is 31.4 Å². The third kappa shape index (κ3) is 2.01. The molecule has 114 valence electrons. The molecule has 0 saturated carbocycles. The Morgan fingerprint density at radius 1 is 1.27 bits per heavy atom. The third-order valence-electron chi connectivity index (χ3n) is 4.22. The van der Waals surface area contributed by atoms with Gasteiger partial charge in [0.1, 0.15) is 11.8 Å². The highest BCUT2D eigenvalue weighted by Gasteiger charge is 2.18. The molecule has 0 aromatic carbocycles. The molecule has 7 nitrogen and oxygen atoms in total. The van der Waals surface area contributed by atoms with E-state index in [9.17, 15) is 9.59 Å². The van der Waals surface area contributed by atoms with Gasteiger partial charge in [0.25, 0.3) is 5.56 Å². The van der Waals surface area contributed by atoms with E-state index in [1.807, 2.05) is 4.90 Å². The van der Waals surface area contributed by atoms with Gasteiger partial charge in [-0.2, -0.15) is 5.10 Å². The first-order chi connectivity index (χ1) is 10.7. The summed E-state index contributed by atoms with van der Waals surface area (Å²) in [5.41, 5.74) is 1.78. The fourth-order valence-electron chi connectivity index (χ4n) is 3.02. The number of aromatic nitrogens is 3. The quantitative estimate of drug-likeness (QED) is 0.730. The molecule has 1 amide bonds. The first kappa shape index (κ1) is 13.1. The highest BCUT2D eigenvalue weighted by Crippen LogP contribution is 2.18. The van der Waals surface area contributed by atoms with Crippen molar-refractivity contribution >= 4 is 22.5 Å². The Balaban J connectivity index is 1.60. The van der Waals surface area contributed by atoms with Gasteiger partial charge in [0.2, 0.25) is 5.91 Å². The molecule has 3 aromatic heterocycles. The van der Waals surface area contributed by atoms with Gasteiger partial charge in [-0.15, -0.1) is 0 Å². The van der Waals surface area contributed by atoms with Crippen LogP contribution in [0.1, 0.15) is 19.3 Å². The molecule has 1 aliphatic rings. The minimum Gasteiger partial charge on any atom is -0.463 e. The van der Waals surface area contributed by atoms with Gasteiger partial charge in [-0.1, -0.05) is 0 Å². The molecule has 1 aliphatic heterocycles. The summed E-state index contributed by atoms with van der Waals surface area (Å²) in [7, 11) is 0. The lowest BCUT2D eigenvalue weighted by molar-refractivity contribution is -0.130. The minimum atomic E-state index is -0.205. The van der Waals surface area contributed by atoms with E-state index in [-0.39, 0.29) is 11.5 Å². The topological polar surface area (TPSA) is 72.7 Å². The number of furan rings is 1. The second kappa shape index (κ2) is 5.01. The fraction of sp³-hybridized carbons (Fsp3) is 0.400. The molecule has 1 saturated heterocycles. The van der Waals surface area contributed by atoms with Crippen molar-refractivity contribution in [1.82, 2.24) is 19.1 Å². The molecular formula is C15H16N4O3. The maximum absolute atomic E-state index is 12.4. The van der Waals surface area contributed by atoms with E-state index in [2.05, 4.69) is 5.10 Å². The summed E-state index contributed by atoms with van der Waals surface area (Å²) in [6, 6.07) is 3.50. The molecule has 22 heavy (non-hydrogen) atoms. The average Bonchev–Trinajstić information content (AvgIpc) is 3.23. The zero-order valence-electron chi connectivity index (χ0n) is 12.1. The molecule has 0 bridgehead atoms. The molecule has 0 unspecified atom stereocenters. The predicted molar refractivity (Wildman–Crippen MR) is 79.7 cm³/mol. The Bertz CT molecular complexity index is 898. The first-order valence-electron chi connectivity index (χ1n) is 7.46. The summed E-state index contributed by atoms with van der Waals surface area (Å²) in [6.07, 6.45) is 5.62. The van der Waals surface area contributed by atoms with Crippen molar-refractivity contribution in [3.8, 4) is 0 Å². The van der Waals surface area contributed by atoms with Crippen LogP contribution in [0.2, 0.25) is 0 Å². The van der Waals surface area contributed by atoms with E-state index < -0.39 is 0 Å². The first-order valence-corrected chi connectivity index (χ1v) is 7.46. The van der Waals surface area contributed by atoms with Crippen molar-refractivity contribution in [1.29, 1.82) is 0 Å². The number of likely N-dealkylation sites (tertiary alicyclic amines) is 1. The van der Waals surface area contributed by atoms with Gasteiger partial charge in [-0.05, 0) is 12.8 Å². The molecule has 4 rings (SSSR count). The summed E-state index contributed by atoms with van der Waals surface area (Å²) < 4.78 is 8.36. The molecule has 0 aliphatic carbocycles. The number of hydrogen-bond acceptors (Lipinski definition) is 4. The Morgan fingerprint density at radius 3 is 2.91 bits per heavy atom. The predicted octanol–water partition coefficient (Wildman–Crippen LogP) is 1.25. The lowest BCUT2D eigenvalue weighted by atomic mass is 10.3. The smallest absolute Gasteiger partial charge is 0.291 e. The fourth-order valence-corrected chi connectivity index (χ4v) is 3.02. The van der Waals surface area contributed by atoms with Crippen LogP contribution in [0.15, 0.2) is 33.9 Å². The van der Waals surface area contributed by atoms with Gasteiger partial charge >= 0.3 is 0 Å². The molecule has 0 atom stereocenters. The molecule has 0 spiro atoms. The number of rotatable bonds is 3. The normalized spacial score (nSPS) is 15.2. The van der Waals surface area contributed by atoms with E-state index in [1.165, 1.54) is 4.68 Å². The number of carbonyl (C=O) groups is 1. The Hall–Kier alpha value is -2.57. The highest BCUT2D eigenvalue weighted by molar-refractivity contribution is 5.81. The van der Waals surface area contributed by atoms with Gasteiger partial charge in [0.15, 0.2) is 5.58 Å². The Morgan fingerprint density at radius 2 is 2.09 bits per heavy atom. The van der Waals surface area contributed by atoms with Crippen molar-refractivity contribution in [2.45, 2.75) is 25.8 Å². The summed E-state index contributed by atoms with van der Waals surface area (Å²) in [6.45, 7) is 1.96. The Kier molecular flexibility index (Phi) is 2.99. The third-order valence-corrected chi connectivity index (χ3v) is 4.22. The van der Waals surface area contributed by atoms with Crippen LogP contribution in [-0.4, -0.2) is 38.1 Å². The number of hydrogen-bond donors (Lipinski definition) is 0. The number of nitrogens with zero attached hydrogens (tertiary/aromatic N) is 4. The summed E-state index contributed by atoms with van der Waals surface area (Å²) in [5.74, 6) is 0.0928. The standard InChI is InChI=1S/C15H16N4O3/c20-14(17-5-1-2-6-17)3-7-19-15(21)12-9-13-11(4-8-22-13)18(12)10-16-19/h4,8-10H,1-3,5-7H2. The van der Waals surface area contributed by atoms with E-state index in [0.29, 0.717) is 24.1 Å². The molecule has 3 aromatic rings. The molecule has 7 heteroatoms. The van der Waals surface area contributed by atoms with E-state index in [4.69, 9.17) is 4.42 Å². The second-order valence-electron chi connectivity index (χ2n) is 5.57. The maximum atomic E-state index is 12.4. The van der Waals surface area contributed by atoms with Gasteiger partial charge in [-0.25, -0.2) is 4.68 Å². The molecular weight excluding hydrogens is 284 g/mol. The number of amides is 1. The largest absolute Gasteiger partial charge is 0.463 e. The van der Waals surface area contributed by atoms with Gasteiger partial charge in [0.05, 0.1) is 18.3 Å². The number of fused-ring (bicyclic) bond motifs is 3. The van der Waals surface area contributed by atoms with Crippen LogP contribution in [0.4, 0.5) is 0 Å². The maximum Gasteiger partial charge on any atom is 0.291 e. The molecule has 1 fully saturated rings. The van der Waals surface area contributed by atoms with Crippen LogP contribution in [0.5, 0.6) is 0 Å². The number of aryl methyl sites for hydroxylation is 1. The van der Waals surface area contributed by atoms with Crippen LogP contribution in [0.3, 0.4) is 0 Å². The zero-order chi connectivity index (χ0) is 15.1. The van der Waals surface area contributed by atoms with E-state index in [1.54, 1.807) is 29.1 Å². The summed E-state index contributed by atoms with van der Waals surface area (Å²) >= 11 is 0. The van der Waals surface area contributed by atoms with Crippen molar-refractivity contribution in [3.05, 3.63) is 35.1 Å². The van der Waals surface area contributed by atoms with Crippen LogP contribution in [0.25, 0.3) is 16.6 Å². The van der Waals surface area contributed by atoms with Crippen molar-refractivity contribution in [3.63, 3.8) is 0 Å². The van der Waals surface area contributed by atoms with Crippen LogP contribution in [0, 0.1) is 0 Å². The van der Waals surface area contributed by atoms with Crippen molar-refractivity contribution in [2.75, 3.05) is 13.1 Å².